The molecule has 5 heterocycles. The van der Waals surface area contributed by atoms with E-state index in [4.69, 9.17) is 61.9 Å². The van der Waals surface area contributed by atoms with Crippen molar-refractivity contribution in [3.05, 3.63) is 183 Å². The standard InChI is InChI=1S/C20H28N2O.C14H20N2O2.C14H20N2O.C14H17NO.C11H13NO.C6H11BrO.C2H6O4S.ClH.H3NO.H2/c1-19(2,3)17-12-21-18(22-17)16-8-6-14(7-9-16)10-15-11-20(4,5)23-13-15;1-14(2)8-11(9-18-14)7-10-3-5-12(6-4-10)13(15)16-17;1-14(2)8-11(9-17-14)7-10-3-5-12(6-4-10)13(15)16;1-14(2)8-13(10-16-14)7-11-3-5-12(9-15)6-4-11;1-9(8-13)6-10-2-4-11(7-12)5-3-10;1-6(2,3)5(8)4-7;1-5-7(3,4)6-2;;1-2;/h6-9,12,15H,10-11,13H2,1-5H3,(H,21,22);3-6,11,17H,7-9H2,1-2H3,(H2,15,16);3-6,11H,7-9H2,1-2H3,(H3,15,16);3-6,13H,7-8,10H2,1-2H3;2-5,9,13H,6,8H2,1H3;4H2,1-3H3;1-2H3;1H;2H,1H2;1H/t15-;2*11-;13-;9-;;;;;/m11110...../s1. The third-order valence-electron chi connectivity index (χ3n) is 17.7. The van der Waals surface area contributed by atoms with Crippen molar-refractivity contribution in [2.45, 2.75) is 189 Å². The Kier molecular flexibility index (Phi) is 39.8. The first kappa shape index (κ1) is 94.1. The maximum atomic E-state index is 10.8. The first-order valence-corrected chi connectivity index (χ1v) is 37.6. The molecular weight excluding hydrogens is 1440 g/mol. The normalized spacial score (nSPS) is 18.9. The molecule has 5 aromatic carbocycles. The van der Waals surface area contributed by atoms with E-state index in [1.807, 2.05) is 107 Å². The van der Waals surface area contributed by atoms with Crippen LogP contribution in [0.2, 0.25) is 0 Å². The highest BCUT2D eigenvalue weighted by Gasteiger charge is 2.35. The van der Waals surface area contributed by atoms with Gasteiger partial charge in [0.2, 0.25) is 0 Å². The zero-order valence-electron chi connectivity index (χ0n) is 64.8. The van der Waals surface area contributed by atoms with E-state index in [1.54, 1.807) is 12.1 Å². The molecule has 4 aliphatic heterocycles. The second kappa shape index (κ2) is 44.4. The van der Waals surface area contributed by atoms with Crippen molar-refractivity contribution in [3.63, 3.8) is 0 Å². The van der Waals surface area contributed by atoms with Crippen LogP contribution >= 0.6 is 28.3 Å². The minimum Gasteiger partial charge on any atom is -0.409 e. The Balaban J connectivity index is 0.000000631. The van der Waals surface area contributed by atoms with Crippen LogP contribution in [0.1, 0.15) is 187 Å². The number of halogens is 2. The van der Waals surface area contributed by atoms with Gasteiger partial charge in [0.1, 0.15) is 17.4 Å². The van der Waals surface area contributed by atoms with Crippen molar-refractivity contribution < 1.29 is 57.5 Å². The molecule has 11 N–H and O–H groups in total. The fourth-order valence-electron chi connectivity index (χ4n) is 12.0. The summed E-state index contributed by atoms with van der Waals surface area (Å²) in [5.41, 5.74) is 22.6. The SMILES string of the molecule is CC(C)(C)C(=O)CBr.CC1(C)C[C@@H](Cc2ccc(-c3ncc(C(C)(C)C)[nH]3)cc2)CO1.CC1(C)C[C@@H](Cc2ccc(C#N)cc2)CO1.CC1(C)C[C@@H](Cc2ccc(C(=N)N)cc2)CO1.CC1(C)C[C@@H](Cc2ccc(C(N)=NO)cc2)CO1.COS(=O)(=O)OC.C[C@H](CO)Cc1ccc(C#N)cc1.Cl.NO.[HH]. The summed E-state index contributed by atoms with van der Waals surface area (Å²) in [4.78, 5) is 18.8. The number of oxime groups is 1. The van der Waals surface area contributed by atoms with Gasteiger partial charge in [-0.1, -0.05) is 167 Å². The average molecular weight is 1560 g/mol. The number of aliphatic hydroxyl groups excluding tert-OH is 1. The largest absolute Gasteiger partial charge is 0.409 e. The number of alkyl halides is 1. The minimum atomic E-state index is -3.66. The van der Waals surface area contributed by atoms with Crippen molar-refractivity contribution in [1.82, 2.24) is 9.97 Å². The third kappa shape index (κ3) is 36.0. The van der Waals surface area contributed by atoms with E-state index in [0.29, 0.717) is 34.6 Å². The van der Waals surface area contributed by atoms with Gasteiger partial charge in [0.05, 0.1) is 91.6 Å². The van der Waals surface area contributed by atoms with Crippen molar-refractivity contribution >= 4 is 56.2 Å². The summed E-state index contributed by atoms with van der Waals surface area (Å²) in [6, 6.07) is 44.1. The Labute approximate surface area is 642 Å². The van der Waals surface area contributed by atoms with Crippen LogP contribution in [0, 0.1) is 63.1 Å². The number of nitrogens with zero attached hydrogens (tertiary/aromatic N) is 4. The molecule has 21 nitrogen and oxygen atoms in total. The number of ketones is 1. The first-order valence-electron chi connectivity index (χ1n) is 35.2. The number of aromatic amines is 1. The molecule has 5 atom stereocenters. The zero-order chi connectivity index (χ0) is 78.3. The van der Waals surface area contributed by atoms with E-state index in [9.17, 15) is 13.2 Å². The summed E-state index contributed by atoms with van der Waals surface area (Å²) in [5.74, 6) is 7.68. The number of aromatic nitrogens is 2. The first-order chi connectivity index (χ1) is 48.6. The lowest BCUT2D eigenvalue weighted by Gasteiger charge is -2.15. The lowest BCUT2D eigenvalue weighted by Crippen LogP contribution is -2.20. The molecule has 6 aromatic rings. The molecule has 4 fully saturated rings. The molecule has 0 radical (unpaired) electrons. The molecule has 24 heteroatoms. The predicted octanol–water partition coefficient (Wildman–Crippen LogP) is 15.4. The zero-order valence-corrected chi connectivity index (χ0v) is 68.1. The number of nitrogens with two attached hydrogens (primary N) is 3. The number of amidine groups is 2. The quantitative estimate of drug-likeness (QED) is 0.0138. The van der Waals surface area contributed by atoms with Crippen molar-refractivity contribution in [2.24, 2.45) is 57.5 Å². The number of aliphatic hydroxyl groups is 1. The number of rotatable bonds is 17. The van der Waals surface area contributed by atoms with Crippen LogP contribution in [-0.4, -0.2) is 126 Å². The fourth-order valence-corrected chi connectivity index (χ4v) is 13.0. The van der Waals surface area contributed by atoms with Crippen molar-refractivity contribution in [3.8, 4) is 23.5 Å². The number of Topliss-reactive ketones (excluding diaryl/α,β-unsaturated/α-hetero) is 1. The van der Waals surface area contributed by atoms with Crippen LogP contribution < -0.4 is 17.4 Å². The van der Waals surface area contributed by atoms with Gasteiger partial charge in [-0.15, -0.1) is 12.4 Å². The Morgan fingerprint density at radius 1 is 0.638 bits per heavy atom. The Morgan fingerprint density at radius 2 is 0.962 bits per heavy atom. The fraction of sp³-hybridized carbons (Fsp3) is 0.531. The smallest absolute Gasteiger partial charge is 0.399 e. The summed E-state index contributed by atoms with van der Waals surface area (Å²) in [6.07, 6.45) is 11.5. The molecule has 0 saturated carbocycles. The number of H-pyrrole nitrogens is 1. The number of carbonyl (C=O) groups excluding carboxylic acids is 1. The Morgan fingerprint density at radius 3 is 1.20 bits per heavy atom. The summed E-state index contributed by atoms with van der Waals surface area (Å²) < 4.78 is 50.5. The number of benzene rings is 5. The van der Waals surface area contributed by atoms with Crippen molar-refractivity contribution in [2.75, 3.05) is 52.6 Å². The average Bonchev–Trinajstić information content (AvgIpc) is 1.67. The molecule has 10 rings (SSSR count). The lowest BCUT2D eigenvalue weighted by atomic mass is 9.92. The number of nitriles is 2. The van der Waals surface area contributed by atoms with Crippen LogP contribution in [0.25, 0.3) is 11.4 Å². The molecule has 1 aromatic heterocycles. The molecule has 4 aliphatic rings. The number of imidazole rings is 1. The molecule has 0 amide bonds. The third-order valence-corrected chi connectivity index (χ3v) is 19.0. The molecule has 105 heavy (non-hydrogen) atoms. The highest BCUT2D eigenvalue weighted by Crippen LogP contribution is 2.35. The molecule has 0 bridgehead atoms. The molecular formula is C81H121BrClN9O12S. The molecule has 4 saturated heterocycles. The number of nitrogens with one attached hydrogen (secondary N) is 2. The van der Waals surface area contributed by atoms with Gasteiger partial charge in [-0.05, 0) is 195 Å². The summed E-state index contributed by atoms with van der Waals surface area (Å²) in [7, 11) is -1.60. The van der Waals surface area contributed by atoms with E-state index in [2.05, 4.69) is 170 Å². The van der Waals surface area contributed by atoms with E-state index >= 15 is 0 Å². The summed E-state index contributed by atoms with van der Waals surface area (Å²) in [5, 5.41) is 52.0. The van der Waals surface area contributed by atoms with Gasteiger partial charge in [0, 0.05) is 47.4 Å². The summed E-state index contributed by atoms with van der Waals surface area (Å²) >= 11 is 3.10. The molecule has 0 unspecified atom stereocenters. The number of nitrogen functional groups attached to an aromatic ring is 1. The van der Waals surface area contributed by atoms with Gasteiger partial charge in [0.25, 0.3) is 0 Å². The number of carbonyl (C=O) groups is 1. The van der Waals surface area contributed by atoms with E-state index in [0.717, 1.165) is 127 Å². The van der Waals surface area contributed by atoms with Gasteiger partial charge in [-0.25, -0.2) is 10.9 Å². The van der Waals surface area contributed by atoms with Gasteiger partial charge >= 0.3 is 10.4 Å². The van der Waals surface area contributed by atoms with Crippen LogP contribution in [-0.2, 0) is 80.0 Å². The van der Waals surface area contributed by atoms with Gasteiger partial charge in [-0.2, -0.15) is 18.9 Å². The van der Waals surface area contributed by atoms with E-state index in [1.165, 1.54) is 33.5 Å². The van der Waals surface area contributed by atoms with Crippen LogP contribution in [0.3, 0.4) is 0 Å². The van der Waals surface area contributed by atoms with Gasteiger partial charge in [0.15, 0.2) is 5.84 Å². The monoisotopic (exact) mass is 1560 g/mol. The molecule has 582 valence electrons. The maximum absolute atomic E-state index is 10.8. The Hall–Kier alpha value is -6.94. The second-order valence-corrected chi connectivity index (χ2v) is 33.5. The van der Waals surface area contributed by atoms with Gasteiger partial charge in [-0.3, -0.25) is 18.6 Å². The maximum Gasteiger partial charge on any atom is 0.399 e. The number of ether oxygens (including phenoxy) is 4. The van der Waals surface area contributed by atoms with Crippen LogP contribution in [0.5, 0.6) is 0 Å². The van der Waals surface area contributed by atoms with E-state index < -0.39 is 10.4 Å². The predicted molar refractivity (Wildman–Crippen MR) is 425 cm³/mol. The number of hydrogen-bond donors (Lipinski definition) is 8. The summed E-state index contributed by atoms with van der Waals surface area (Å²) in [6.45, 7) is 35.1. The highest BCUT2D eigenvalue weighted by molar-refractivity contribution is 9.09. The minimum absolute atomic E-state index is 0. The molecule has 0 aliphatic carbocycles. The Bertz CT molecular complexity index is 3770. The number of hydrogen-bond acceptors (Lipinski definition) is 18. The van der Waals surface area contributed by atoms with E-state index in [-0.39, 0.29) is 77.0 Å². The van der Waals surface area contributed by atoms with Gasteiger partial charge < -0.3 is 50.9 Å². The lowest BCUT2D eigenvalue weighted by molar-refractivity contribution is -0.123. The molecule has 0 spiro atoms. The van der Waals surface area contributed by atoms with Crippen LogP contribution in [0.4, 0.5) is 0 Å². The van der Waals surface area contributed by atoms with Crippen molar-refractivity contribution in [1.29, 1.82) is 15.9 Å². The van der Waals surface area contributed by atoms with Crippen LogP contribution in [0.15, 0.2) is 133 Å². The second-order valence-electron chi connectivity index (χ2n) is 31.4. The highest BCUT2D eigenvalue weighted by atomic mass is 79.9. The topological polar surface area (TPSA) is 358 Å².